The van der Waals surface area contributed by atoms with Gasteiger partial charge in [0.25, 0.3) is 0 Å². The number of hydrogen-bond acceptors (Lipinski definition) is 3. The van der Waals surface area contributed by atoms with Gasteiger partial charge in [0, 0.05) is 13.1 Å². The Kier molecular flexibility index (Phi) is 4.28. The van der Waals surface area contributed by atoms with Crippen LogP contribution in [0, 0.1) is 5.92 Å². The number of ether oxygens (including phenoxy) is 1. The van der Waals surface area contributed by atoms with Gasteiger partial charge in [-0.1, -0.05) is 26.0 Å². The van der Waals surface area contributed by atoms with Crippen LogP contribution >= 0.6 is 0 Å². The molecule has 0 spiro atoms. The number of hydrogen-bond donors (Lipinski definition) is 0. The monoisotopic (exact) mass is 316 g/mol. The number of carbonyl (C=O) groups is 2. The van der Waals surface area contributed by atoms with Crippen LogP contribution in [0.15, 0.2) is 24.3 Å². The van der Waals surface area contributed by atoms with Gasteiger partial charge >= 0.3 is 0 Å². The fourth-order valence-electron chi connectivity index (χ4n) is 3.67. The zero-order valence-electron chi connectivity index (χ0n) is 14.0. The van der Waals surface area contributed by atoms with Gasteiger partial charge in [-0.2, -0.15) is 0 Å². The molecule has 0 N–H and O–H groups in total. The van der Waals surface area contributed by atoms with Crippen molar-refractivity contribution in [3.05, 3.63) is 29.8 Å². The summed E-state index contributed by atoms with van der Waals surface area (Å²) in [7, 11) is 1.63. The molecule has 0 bridgehead atoms. The minimum Gasteiger partial charge on any atom is -0.497 e. The molecule has 0 unspecified atom stereocenters. The van der Waals surface area contributed by atoms with E-state index in [1.807, 2.05) is 38.1 Å². The van der Waals surface area contributed by atoms with Gasteiger partial charge in [-0.25, -0.2) is 0 Å². The summed E-state index contributed by atoms with van der Waals surface area (Å²) < 4.78 is 5.17. The molecule has 1 aromatic rings. The summed E-state index contributed by atoms with van der Waals surface area (Å²) in [6.07, 6.45) is 1.71. The Labute approximate surface area is 137 Å². The summed E-state index contributed by atoms with van der Waals surface area (Å²) >= 11 is 0. The van der Waals surface area contributed by atoms with Gasteiger partial charge in [-0.05, 0) is 36.5 Å². The third-order valence-electron chi connectivity index (χ3n) is 4.84. The molecule has 2 aliphatic rings. The predicted octanol–water partition coefficient (Wildman–Crippen LogP) is 2.05. The van der Waals surface area contributed by atoms with E-state index in [1.165, 1.54) is 0 Å². The van der Waals surface area contributed by atoms with Crippen LogP contribution in [0.4, 0.5) is 0 Å². The van der Waals surface area contributed by atoms with Crippen LogP contribution in [0.25, 0.3) is 0 Å². The first-order valence-corrected chi connectivity index (χ1v) is 8.27. The standard InChI is InChI=1S/C18H24N2O3/c1-12(2)16-18(22)19-10-4-5-15(19)17(21)20(16)11-13-6-8-14(23-3)9-7-13/h6-9,12,15-16H,4-5,10-11H2,1-3H3/t15-,16-/m0/s1. The lowest BCUT2D eigenvalue weighted by Crippen LogP contribution is -2.63. The fraction of sp³-hybridized carbons (Fsp3) is 0.556. The fourth-order valence-corrected chi connectivity index (χ4v) is 3.67. The maximum absolute atomic E-state index is 12.9. The summed E-state index contributed by atoms with van der Waals surface area (Å²) in [6, 6.07) is 7.06. The van der Waals surface area contributed by atoms with Crippen molar-refractivity contribution in [2.45, 2.75) is 45.3 Å². The highest BCUT2D eigenvalue weighted by Gasteiger charge is 2.48. The van der Waals surface area contributed by atoms with Crippen molar-refractivity contribution in [3.8, 4) is 5.75 Å². The number of amides is 2. The second-order valence-corrected chi connectivity index (χ2v) is 6.69. The molecular formula is C18H24N2O3. The number of piperazine rings is 1. The number of nitrogens with zero attached hydrogens (tertiary/aromatic N) is 2. The molecule has 2 heterocycles. The third-order valence-corrected chi connectivity index (χ3v) is 4.84. The lowest BCUT2D eigenvalue weighted by Gasteiger charge is -2.44. The molecule has 5 heteroatoms. The Morgan fingerprint density at radius 3 is 2.48 bits per heavy atom. The first kappa shape index (κ1) is 15.8. The summed E-state index contributed by atoms with van der Waals surface area (Å²) in [5.41, 5.74) is 1.02. The molecule has 23 heavy (non-hydrogen) atoms. The summed E-state index contributed by atoms with van der Waals surface area (Å²) in [5.74, 6) is 1.09. The number of methoxy groups -OCH3 is 1. The maximum atomic E-state index is 12.9. The number of rotatable bonds is 4. The highest BCUT2D eigenvalue weighted by Crippen LogP contribution is 2.31. The average Bonchev–Trinajstić information content (AvgIpc) is 3.03. The highest BCUT2D eigenvalue weighted by molar-refractivity contribution is 5.97. The molecule has 2 fully saturated rings. The molecule has 2 aliphatic heterocycles. The molecule has 5 nitrogen and oxygen atoms in total. The zero-order chi connectivity index (χ0) is 16.6. The molecule has 2 amide bonds. The Hall–Kier alpha value is -2.04. The van der Waals surface area contributed by atoms with Crippen LogP contribution < -0.4 is 4.74 Å². The van der Waals surface area contributed by atoms with E-state index in [0.717, 1.165) is 30.7 Å². The Morgan fingerprint density at radius 1 is 1.17 bits per heavy atom. The van der Waals surface area contributed by atoms with E-state index in [-0.39, 0.29) is 29.8 Å². The second kappa shape index (κ2) is 6.22. The number of benzene rings is 1. The minimum atomic E-state index is -0.362. The van der Waals surface area contributed by atoms with Crippen LogP contribution in [-0.4, -0.2) is 47.4 Å². The molecule has 2 saturated heterocycles. The molecule has 3 rings (SSSR count). The van der Waals surface area contributed by atoms with E-state index in [4.69, 9.17) is 4.74 Å². The van der Waals surface area contributed by atoms with Gasteiger partial charge in [0.05, 0.1) is 7.11 Å². The van der Waals surface area contributed by atoms with Gasteiger partial charge in [-0.15, -0.1) is 0 Å². The topological polar surface area (TPSA) is 49.9 Å². The van der Waals surface area contributed by atoms with E-state index >= 15 is 0 Å². The van der Waals surface area contributed by atoms with E-state index < -0.39 is 0 Å². The Balaban J connectivity index is 1.87. The van der Waals surface area contributed by atoms with Gasteiger partial charge in [0.15, 0.2) is 0 Å². The molecule has 2 atom stereocenters. The first-order chi connectivity index (χ1) is 11.0. The van der Waals surface area contributed by atoms with Crippen molar-refractivity contribution < 1.29 is 14.3 Å². The van der Waals surface area contributed by atoms with Crippen molar-refractivity contribution in [2.24, 2.45) is 5.92 Å². The van der Waals surface area contributed by atoms with Crippen molar-refractivity contribution in [2.75, 3.05) is 13.7 Å². The van der Waals surface area contributed by atoms with E-state index in [2.05, 4.69) is 0 Å². The van der Waals surface area contributed by atoms with Crippen molar-refractivity contribution in [1.82, 2.24) is 9.80 Å². The van der Waals surface area contributed by atoms with Crippen LogP contribution in [0.2, 0.25) is 0 Å². The number of fused-ring (bicyclic) bond motifs is 1. The minimum absolute atomic E-state index is 0.0941. The van der Waals surface area contributed by atoms with Gasteiger partial charge < -0.3 is 14.5 Å². The Bertz CT molecular complexity index is 597. The molecule has 0 radical (unpaired) electrons. The zero-order valence-corrected chi connectivity index (χ0v) is 14.0. The quantitative estimate of drug-likeness (QED) is 0.854. The largest absolute Gasteiger partial charge is 0.497 e. The third kappa shape index (κ3) is 2.80. The van der Waals surface area contributed by atoms with Crippen LogP contribution in [0.1, 0.15) is 32.3 Å². The first-order valence-electron chi connectivity index (χ1n) is 8.27. The Morgan fingerprint density at radius 2 is 1.87 bits per heavy atom. The molecule has 124 valence electrons. The van der Waals surface area contributed by atoms with Crippen molar-refractivity contribution in [3.63, 3.8) is 0 Å². The number of carbonyl (C=O) groups excluding carboxylic acids is 2. The lowest BCUT2D eigenvalue weighted by molar-refractivity contribution is -0.162. The maximum Gasteiger partial charge on any atom is 0.246 e. The average molecular weight is 316 g/mol. The normalized spacial score (nSPS) is 24.3. The molecule has 0 aliphatic carbocycles. The van der Waals surface area contributed by atoms with E-state index in [9.17, 15) is 9.59 Å². The highest BCUT2D eigenvalue weighted by atomic mass is 16.5. The van der Waals surface area contributed by atoms with Crippen molar-refractivity contribution in [1.29, 1.82) is 0 Å². The molecule has 1 aromatic carbocycles. The van der Waals surface area contributed by atoms with Gasteiger partial charge in [0.1, 0.15) is 17.8 Å². The summed E-state index contributed by atoms with van der Waals surface area (Å²) in [6.45, 7) is 5.21. The SMILES string of the molecule is COc1ccc(CN2C(=O)[C@@H]3CCCN3C(=O)[C@@H]2C(C)C)cc1. The van der Waals surface area contributed by atoms with Crippen LogP contribution in [0.5, 0.6) is 5.75 Å². The summed E-state index contributed by atoms with van der Waals surface area (Å²) in [4.78, 5) is 29.3. The lowest BCUT2D eigenvalue weighted by atomic mass is 9.95. The molecule has 0 aromatic heterocycles. The summed E-state index contributed by atoms with van der Waals surface area (Å²) in [5, 5.41) is 0. The van der Waals surface area contributed by atoms with Crippen LogP contribution in [-0.2, 0) is 16.1 Å². The van der Waals surface area contributed by atoms with E-state index in [1.54, 1.807) is 16.9 Å². The van der Waals surface area contributed by atoms with Gasteiger partial charge in [-0.3, -0.25) is 9.59 Å². The van der Waals surface area contributed by atoms with Gasteiger partial charge in [0.2, 0.25) is 11.8 Å². The van der Waals surface area contributed by atoms with E-state index in [0.29, 0.717) is 6.54 Å². The second-order valence-electron chi connectivity index (χ2n) is 6.69. The van der Waals surface area contributed by atoms with Crippen molar-refractivity contribution >= 4 is 11.8 Å². The molecule has 0 saturated carbocycles. The molecular weight excluding hydrogens is 292 g/mol. The van der Waals surface area contributed by atoms with Crippen LogP contribution in [0.3, 0.4) is 0 Å². The predicted molar refractivity (Wildman–Crippen MR) is 86.9 cm³/mol. The smallest absolute Gasteiger partial charge is 0.246 e.